The fourth-order valence-electron chi connectivity index (χ4n) is 1.64. The first-order chi connectivity index (χ1) is 10.8. The molecule has 6 nitrogen and oxygen atoms in total. The van der Waals surface area contributed by atoms with Crippen molar-refractivity contribution >= 4 is 41.0 Å². The predicted octanol–water partition coefficient (Wildman–Crippen LogP) is 2.26. The minimum Gasteiger partial charge on any atom is -0.480 e. The topological polar surface area (TPSA) is 95.5 Å². The van der Waals surface area contributed by atoms with Gasteiger partial charge >= 0.3 is 5.97 Å². The van der Waals surface area contributed by atoms with E-state index in [1.165, 1.54) is 18.2 Å². The molecule has 0 aliphatic heterocycles. The number of aliphatic carboxylic acids is 1. The summed E-state index contributed by atoms with van der Waals surface area (Å²) in [4.78, 5) is 34.6. The zero-order valence-electron chi connectivity index (χ0n) is 12.3. The van der Waals surface area contributed by atoms with Crippen molar-refractivity contribution in [3.63, 3.8) is 0 Å². The van der Waals surface area contributed by atoms with E-state index in [0.717, 1.165) is 0 Å². The fourth-order valence-corrected chi connectivity index (χ4v) is 1.94. The van der Waals surface area contributed by atoms with Gasteiger partial charge in [0, 0.05) is 5.56 Å². The number of halogens is 2. The van der Waals surface area contributed by atoms with E-state index in [9.17, 15) is 14.4 Å². The van der Waals surface area contributed by atoms with Crippen molar-refractivity contribution < 1.29 is 19.5 Å². The van der Waals surface area contributed by atoms with Crippen LogP contribution in [0.4, 0.5) is 0 Å². The third-order valence-electron chi connectivity index (χ3n) is 2.83. The Labute approximate surface area is 143 Å². The summed E-state index contributed by atoms with van der Waals surface area (Å²) >= 11 is 11.6. The molecular weight excluding hydrogens is 343 g/mol. The second-order valence-electron chi connectivity index (χ2n) is 4.57. The van der Waals surface area contributed by atoms with Gasteiger partial charge in [0.1, 0.15) is 6.04 Å². The molecule has 1 aromatic carbocycles. The molecule has 2 amide bonds. The number of carbonyl (C=O) groups excluding carboxylic acids is 2. The van der Waals surface area contributed by atoms with Gasteiger partial charge in [0.05, 0.1) is 16.6 Å². The van der Waals surface area contributed by atoms with Gasteiger partial charge in [-0.05, 0) is 31.5 Å². The number of carboxylic acids is 1. The highest BCUT2D eigenvalue weighted by Crippen LogP contribution is 2.22. The summed E-state index contributed by atoms with van der Waals surface area (Å²) in [7, 11) is 0. The lowest BCUT2D eigenvalue weighted by Crippen LogP contribution is -2.45. The molecule has 0 radical (unpaired) electrons. The molecule has 0 fully saturated rings. The van der Waals surface area contributed by atoms with Crippen LogP contribution in [0, 0.1) is 0 Å². The van der Waals surface area contributed by atoms with Crippen LogP contribution < -0.4 is 10.6 Å². The largest absolute Gasteiger partial charge is 0.480 e. The molecule has 1 unspecified atom stereocenters. The monoisotopic (exact) mass is 358 g/mol. The fraction of sp³-hybridized carbons (Fsp3) is 0.267. The van der Waals surface area contributed by atoms with Crippen LogP contribution in [-0.4, -0.2) is 35.5 Å². The lowest BCUT2D eigenvalue weighted by Gasteiger charge is -2.13. The standard InChI is InChI=1S/C15H16Cl2N2O4/c1-2-3-4-12(15(22)23)19-13(20)8-18-14(21)9-5-6-10(16)11(17)7-9/h2-3,5-7,12H,4,8H2,1H3,(H,18,21)(H,19,20)(H,22,23)/b3-2+. The number of hydrogen-bond donors (Lipinski definition) is 3. The highest BCUT2D eigenvalue weighted by molar-refractivity contribution is 6.42. The molecule has 1 rings (SSSR count). The van der Waals surface area contributed by atoms with Crippen LogP contribution in [-0.2, 0) is 9.59 Å². The molecule has 1 aromatic rings. The van der Waals surface area contributed by atoms with Crippen LogP contribution in [0.2, 0.25) is 10.0 Å². The van der Waals surface area contributed by atoms with Crippen LogP contribution in [0.3, 0.4) is 0 Å². The summed E-state index contributed by atoms with van der Waals surface area (Å²) in [6.07, 6.45) is 3.49. The van der Waals surface area contributed by atoms with Gasteiger partial charge in [0.15, 0.2) is 0 Å². The van der Waals surface area contributed by atoms with Gasteiger partial charge < -0.3 is 15.7 Å². The van der Waals surface area contributed by atoms with Crippen molar-refractivity contribution in [3.8, 4) is 0 Å². The quantitative estimate of drug-likeness (QED) is 0.651. The summed E-state index contributed by atoms with van der Waals surface area (Å²) in [6.45, 7) is 1.40. The molecular formula is C15H16Cl2N2O4. The van der Waals surface area contributed by atoms with Gasteiger partial charge in [-0.3, -0.25) is 9.59 Å². The molecule has 23 heavy (non-hydrogen) atoms. The molecule has 8 heteroatoms. The van der Waals surface area contributed by atoms with Crippen LogP contribution in [0.5, 0.6) is 0 Å². The van der Waals surface area contributed by atoms with Crippen LogP contribution in [0.25, 0.3) is 0 Å². The van der Waals surface area contributed by atoms with E-state index >= 15 is 0 Å². The Morgan fingerprint density at radius 1 is 1.26 bits per heavy atom. The second kappa shape index (κ2) is 9.17. The zero-order chi connectivity index (χ0) is 17.4. The highest BCUT2D eigenvalue weighted by Gasteiger charge is 2.18. The van der Waals surface area contributed by atoms with Gasteiger partial charge in [-0.2, -0.15) is 0 Å². The minimum atomic E-state index is -1.15. The van der Waals surface area contributed by atoms with Gasteiger partial charge in [-0.15, -0.1) is 0 Å². The number of carbonyl (C=O) groups is 3. The third-order valence-corrected chi connectivity index (χ3v) is 3.57. The molecule has 0 aliphatic carbocycles. The summed E-state index contributed by atoms with van der Waals surface area (Å²) in [5.41, 5.74) is 0.246. The first-order valence-corrected chi connectivity index (χ1v) is 7.47. The Morgan fingerprint density at radius 2 is 1.96 bits per heavy atom. The third kappa shape index (κ3) is 6.30. The molecule has 0 aliphatic rings. The average molecular weight is 359 g/mol. The van der Waals surface area contributed by atoms with Gasteiger partial charge in [0.2, 0.25) is 5.91 Å². The molecule has 124 valence electrons. The average Bonchev–Trinajstić information content (AvgIpc) is 2.51. The van der Waals surface area contributed by atoms with E-state index in [0.29, 0.717) is 5.02 Å². The maximum atomic E-state index is 11.9. The molecule has 0 saturated carbocycles. The lowest BCUT2D eigenvalue weighted by atomic mass is 10.2. The van der Waals surface area contributed by atoms with Gasteiger partial charge in [-0.25, -0.2) is 4.79 Å². The van der Waals surface area contributed by atoms with E-state index < -0.39 is 23.8 Å². The van der Waals surface area contributed by atoms with E-state index in [2.05, 4.69) is 10.6 Å². The molecule has 0 saturated heterocycles. The van der Waals surface area contributed by atoms with Crippen LogP contribution >= 0.6 is 23.2 Å². The van der Waals surface area contributed by atoms with Crippen LogP contribution in [0.1, 0.15) is 23.7 Å². The summed E-state index contributed by atoms with van der Waals surface area (Å²) in [5, 5.41) is 14.2. The van der Waals surface area contributed by atoms with Gasteiger partial charge in [0.25, 0.3) is 5.91 Å². The minimum absolute atomic E-state index is 0.165. The number of carboxylic acid groups (broad SMARTS) is 1. The van der Waals surface area contributed by atoms with Gasteiger partial charge in [-0.1, -0.05) is 35.4 Å². The summed E-state index contributed by atoms with van der Waals surface area (Å²) < 4.78 is 0. The molecule has 0 bridgehead atoms. The number of hydrogen-bond acceptors (Lipinski definition) is 3. The molecule has 3 N–H and O–H groups in total. The summed E-state index contributed by atoms with van der Waals surface area (Å²) in [6, 6.07) is 3.27. The first-order valence-electron chi connectivity index (χ1n) is 6.71. The van der Waals surface area contributed by atoms with Crippen LogP contribution in [0.15, 0.2) is 30.4 Å². The highest BCUT2D eigenvalue weighted by atomic mass is 35.5. The first kappa shape index (κ1) is 19.0. The Balaban J connectivity index is 2.55. The molecule has 0 spiro atoms. The second-order valence-corrected chi connectivity index (χ2v) is 5.39. The number of allylic oxidation sites excluding steroid dienone is 1. The van der Waals surface area contributed by atoms with E-state index in [-0.39, 0.29) is 23.6 Å². The van der Waals surface area contributed by atoms with E-state index in [1.807, 2.05) is 0 Å². The van der Waals surface area contributed by atoms with Crippen molar-refractivity contribution in [1.29, 1.82) is 0 Å². The molecule has 1 atom stereocenters. The number of rotatable bonds is 7. The summed E-state index contributed by atoms with van der Waals surface area (Å²) in [5.74, 6) is -2.26. The Kier molecular flexibility index (Phi) is 7.57. The zero-order valence-corrected chi connectivity index (χ0v) is 13.8. The molecule has 0 aromatic heterocycles. The maximum Gasteiger partial charge on any atom is 0.326 e. The van der Waals surface area contributed by atoms with Crippen molar-refractivity contribution in [2.45, 2.75) is 19.4 Å². The Morgan fingerprint density at radius 3 is 2.52 bits per heavy atom. The maximum absolute atomic E-state index is 11.9. The Hall–Kier alpha value is -2.05. The lowest BCUT2D eigenvalue weighted by molar-refractivity contribution is -0.141. The van der Waals surface area contributed by atoms with Crippen molar-refractivity contribution in [3.05, 3.63) is 46.0 Å². The number of amides is 2. The molecule has 0 heterocycles. The van der Waals surface area contributed by atoms with Crippen molar-refractivity contribution in [2.75, 3.05) is 6.54 Å². The predicted molar refractivity (Wildman–Crippen MR) is 87.8 cm³/mol. The Bertz CT molecular complexity index is 632. The van der Waals surface area contributed by atoms with E-state index in [4.69, 9.17) is 28.3 Å². The normalized spacial score (nSPS) is 12.0. The van der Waals surface area contributed by atoms with Crippen molar-refractivity contribution in [1.82, 2.24) is 10.6 Å². The smallest absolute Gasteiger partial charge is 0.326 e. The SMILES string of the molecule is C/C=C/CC(NC(=O)CNC(=O)c1ccc(Cl)c(Cl)c1)C(=O)O. The number of benzene rings is 1. The number of nitrogens with one attached hydrogen (secondary N) is 2. The van der Waals surface area contributed by atoms with E-state index in [1.54, 1.807) is 19.1 Å². The van der Waals surface area contributed by atoms with Crippen molar-refractivity contribution in [2.24, 2.45) is 0 Å².